The van der Waals surface area contributed by atoms with Crippen LogP contribution in [0.4, 0.5) is 10.1 Å². The number of benzene rings is 1. The molecule has 1 N–H and O–H groups in total. The largest absolute Gasteiger partial charge is 0.340 e. The number of hydrogen-bond acceptors (Lipinski definition) is 2. The number of nitrogens with one attached hydrogen (secondary N) is 1. The van der Waals surface area contributed by atoms with Gasteiger partial charge in [0.25, 0.3) is 5.91 Å². The Bertz CT molecular complexity index is 578. The molecular weight excluding hydrogens is 327 g/mol. The van der Waals surface area contributed by atoms with Crippen LogP contribution in [-0.4, -0.2) is 23.4 Å². The fraction of sp³-hybridized carbons (Fsp3) is 0.429. The molecule has 4 nitrogen and oxygen atoms in total. The number of piperazine rings is 1. The van der Waals surface area contributed by atoms with Crippen molar-refractivity contribution in [3.8, 4) is 0 Å². The Morgan fingerprint density at radius 3 is 2.65 bits per heavy atom. The summed E-state index contributed by atoms with van der Waals surface area (Å²) < 4.78 is 14.7. The summed E-state index contributed by atoms with van der Waals surface area (Å²) in [6, 6.07) is 3.69. The van der Waals surface area contributed by atoms with E-state index in [-0.39, 0.29) is 17.5 Å². The lowest BCUT2D eigenvalue weighted by atomic mass is 9.91. The van der Waals surface area contributed by atoms with E-state index in [9.17, 15) is 14.0 Å². The Labute approximate surface area is 125 Å². The second-order valence-electron chi connectivity index (χ2n) is 5.12. The van der Waals surface area contributed by atoms with Crippen LogP contribution < -0.4 is 10.2 Å². The average Bonchev–Trinajstić information content (AvgIpc) is 2.39. The molecule has 20 heavy (non-hydrogen) atoms. The van der Waals surface area contributed by atoms with Gasteiger partial charge in [-0.15, -0.1) is 0 Å². The van der Waals surface area contributed by atoms with E-state index in [1.807, 2.05) is 6.92 Å². The molecule has 1 heterocycles. The summed E-state index contributed by atoms with van der Waals surface area (Å²) >= 11 is 3.18. The Balaban J connectivity index is 2.51. The third-order valence-electron chi connectivity index (χ3n) is 3.73. The van der Waals surface area contributed by atoms with E-state index >= 15 is 0 Å². The molecule has 1 aliphatic heterocycles. The molecule has 0 bridgehead atoms. The molecule has 1 aliphatic rings. The Kier molecular flexibility index (Phi) is 3.86. The van der Waals surface area contributed by atoms with Crippen LogP contribution in [0.25, 0.3) is 0 Å². The molecule has 0 spiro atoms. The number of carbonyl (C=O) groups is 2. The fourth-order valence-corrected chi connectivity index (χ4v) is 2.56. The average molecular weight is 343 g/mol. The molecule has 0 saturated carbocycles. The minimum absolute atomic E-state index is 0.125. The fourth-order valence-electron chi connectivity index (χ4n) is 2.22. The van der Waals surface area contributed by atoms with Gasteiger partial charge in [0.2, 0.25) is 5.91 Å². The molecule has 1 aromatic rings. The monoisotopic (exact) mass is 342 g/mol. The van der Waals surface area contributed by atoms with E-state index in [1.165, 1.54) is 17.0 Å². The first-order chi connectivity index (χ1) is 9.30. The SMILES string of the molecule is CCC1(C)NC(=O)C(C)N(c2ccc(Br)cc2F)C1=O. The molecule has 2 amide bonds. The number of carbonyl (C=O) groups excluding carboxylic acids is 2. The number of hydrogen-bond donors (Lipinski definition) is 1. The van der Waals surface area contributed by atoms with Crippen molar-refractivity contribution in [3.63, 3.8) is 0 Å². The molecule has 0 radical (unpaired) electrons. The number of halogens is 2. The van der Waals surface area contributed by atoms with Crippen molar-refractivity contribution >= 4 is 33.4 Å². The highest BCUT2D eigenvalue weighted by Crippen LogP contribution is 2.30. The van der Waals surface area contributed by atoms with Crippen LogP contribution in [0.2, 0.25) is 0 Å². The molecular formula is C14H16BrFN2O2. The summed E-state index contributed by atoms with van der Waals surface area (Å²) in [7, 11) is 0. The van der Waals surface area contributed by atoms with Crippen LogP contribution in [0.3, 0.4) is 0 Å². The van der Waals surface area contributed by atoms with Crippen molar-refractivity contribution in [3.05, 3.63) is 28.5 Å². The summed E-state index contributed by atoms with van der Waals surface area (Å²) in [5.41, 5.74) is -0.872. The second-order valence-corrected chi connectivity index (χ2v) is 6.04. The zero-order valence-corrected chi connectivity index (χ0v) is 13.1. The lowest BCUT2D eigenvalue weighted by Crippen LogP contribution is -2.68. The highest BCUT2D eigenvalue weighted by molar-refractivity contribution is 9.10. The van der Waals surface area contributed by atoms with Crippen LogP contribution in [-0.2, 0) is 9.59 Å². The summed E-state index contributed by atoms with van der Waals surface area (Å²) in [5, 5.41) is 2.71. The minimum atomic E-state index is -0.997. The van der Waals surface area contributed by atoms with E-state index in [0.29, 0.717) is 10.9 Å². The highest BCUT2D eigenvalue weighted by Gasteiger charge is 2.46. The summed E-state index contributed by atoms with van der Waals surface area (Å²) in [5.74, 6) is -1.11. The topological polar surface area (TPSA) is 49.4 Å². The lowest BCUT2D eigenvalue weighted by Gasteiger charge is -2.43. The second kappa shape index (κ2) is 5.16. The maximum absolute atomic E-state index is 14.1. The molecule has 2 unspecified atom stereocenters. The number of rotatable bonds is 2. The van der Waals surface area contributed by atoms with Crippen LogP contribution >= 0.6 is 15.9 Å². The van der Waals surface area contributed by atoms with E-state index in [2.05, 4.69) is 21.2 Å². The van der Waals surface area contributed by atoms with Gasteiger partial charge in [-0.1, -0.05) is 22.9 Å². The number of nitrogens with zero attached hydrogens (tertiary/aromatic N) is 1. The predicted molar refractivity (Wildman–Crippen MR) is 77.9 cm³/mol. The van der Waals surface area contributed by atoms with Crippen molar-refractivity contribution < 1.29 is 14.0 Å². The van der Waals surface area contributed by atoms with Crippen LogP contribution in [0, 0.1) is 5.82 Å². The molecule has 1 aromatic carbocycles. The first-order valence-corrected chi connectivity index (χ1v) is 7.20. The van der Waals surface area contributed by atoms with Gasteiger partial charge in [0, 0.05) is 4.47 Å². The standard InChI is InChI=1S/C14H16BrFN2O2/c1-4-14(3)13(20)18(8(2)12(19)17-14)11-6-5-9(15)7-10(11)16/h5-8H,4H2,1-3H3,(H,17,19). The summed E-state index contributed by atoms with van der Waals surface area (Å²) in [6.45, 7) is 5.05. The maximum Gasteiger partial charge on any atom is 0.253 e. The normalized spacial score (nSPS) is 26.6. The molecule has 0 aromatic heterocycles. The third kappa shape index (κ3) is 2.32. The molecule has 0 aliphatic carbocycles. The van der Waals surface area contributed by atoms with Gasteiger partial charge < -0.3 is 5.32 Å². The van der Waals surface area contributed by atoms with Crippen molar-refractivity contribution in [2.75, 3.05) is 4.90 Å². The van der Waals surface area contributed by atoms with Gasteiger partial charge in [0.15, 0.2) is 0 Å². The molecule has 2 rings (SSSR count). The van der Waals surface area contributed by atoms with Gasteiger partial charge >= 0.3 is 0 Å². The third-order valence-corrected chi connectivity index (χ3v) is 4.23. The van der Waals surface area contributed by atoms with Gasteiger partial charge in [-0.2, -0.15) is 0 Å². The first kappa shape index (κ1) is 15.0. The lowest BCUT2D eigenvalue weighted by molar-refractivity contribution is -0.137. The quantitative estimate of drug-likeness (QED) is 0.898. The van der Waals surface area contributed by atoms with Crippen molar-refractivity contribution in [1.29, 1.82) is 0 Å². The van der Waals surface area contributed by atoms with Crippen molar-refractivity contribution in [1.82, 2.24) is 5.32 Å². The number of anilines is 1. The van der Waals surface area contributed by atoms with Gasteiger partial charge in [-0.05, 0) is 38.5 Å². The Morgan fingerprint density at radius 1 is 1.45 bits per heavy atom. The van der Waals surface area contributed by atoms with Crippen LogP contribution in [0.1, 0.15) is 27.2 Å². The first-order valence-electron chi connectivity index (χ1n) is 6.41. The van der Waals surface area contributed by atoms with Gasteiger partial charge in [0.1, 0.15) is 17.4 Å². The zero-order valence-electron chi connectivity index (χ0n) is 11.5. The maximum atomic E-state index is 14.1. The van der Waals surface area contributed by atoms with Crippen molar-refractivity contribution in [2.24, 2.45) is 0 Å². The van der Waals surface area contributed by atoms with Gasteiger partial charge in [-0.25, -0.2) is 4.39 Å². The van der Waals surface area contributed by atoms with E-state index in [4.69, 9.17) is 0 Å². The molecule has 1 saturated heterocycles. The predicted octanol–water partition coefficient (Wildman–Crippen LogP) is 2.61. The van der Waals surface area contributed by atoms with Gasteiger partial charge in [-0.3, -0.25) is 14.5 Å². The zero-order chi connectivity index (χ0) is 15.1. The summed E-state index contributed by atoms with van der Waals surface area (Å²) in [4.78, 5) is 25.9. The minimum Gasteiger partial charge on any atom is -0.340 e. The smallest absolute Gasteiger partial charge is 0.253 e. The number of amides is 2. The van der Waals surface area contributed by atoms with E-state index < -0.39 is 17.4 Å². The molecule has 108 valence electrons. The van der Waals surface area contributed by atoms with E-state index in [0.717, 1.165) is 0 Å². The molecule has 1 fully saturated rings. The highest BCUT2D eigenvalue weighted by atomic mass is 79.9. The van der Waals surface area contributed by atoms with Crippen LogP contribution in [0.15, 0.2) is 22.7 Å². The van der Waals surface area contributed by atoms with Gasteiger partial charge in [0.05, 0.1) is 5.69 Å². The van der Waals surface area contributed by atoms with Crippen molar-refractivity contribution in [2.45, 2.75) is 38.8 Å². The Hall–Kier alpha value is -1.43. The van der Waals surface area contributed by atoms with Crippen LogP contribution in [0.5, 0.6) is 0 Å². The molecule has 6 heteroatoms. The Morgan fingerprint density at radius 2 is 2.10 bits per heavy atom. The summed E-state index contributed by atoms with van der Waals surface area (Å²) in [6.07, 6.45) is 0.443. The molecule has 2 atom stereocenters. The van der Waals surface area contributed by atoms with E-state index in [1.54, 1.807) is 19.9 Å².